The van der Waals surface area contributed by atoms with E-state index in [-0.39, 0.29) is 11.1 Å². The van der Waals surface area contributed by atoms with Crippen LogP contribution in [-0.2, 0) is 0 Å². The van der Waals surface area contributed by atoms with E-state index < -0.39 is 23.6 Å². The number of benzene rings is 1. The number of aromatic nitrogens is 1. The average Bonchev–Trinajstić information content (AvgIpc) is 2.63. The molecule has 2 aromatic rings. The Morgan fingerprint density at radius 1 is 1.41 bits per heavy atom. The molecule has 8 heteroatoms. The number of halogens is 3. The first-order valence-corrected chi connectivity index (χ1v) is 4.24. The van der Waals surface area contributed by atoms with Gasteiger partial charge in [0.15, 0.2) is 23.2 Å². The Morgan fingerprint density at radius 2 is 2.12 bits per heavy atom. The van der Waals surface area contributed by atoms with Gasteiger partial charge < -0.3 is 14.3 Å². The third kappa shape index (κ3) is 2.14. The van der Waals surface area contributed by atoms with Crippen LogP contribution in [0.3, 0.4) is 0 Å². The maximum absolute atomic E-state index is 12.1. The van der Waals surface area contributed by atoms with E-state index in [2.05, 4.69) is 9.72 Å². The van der Waals surface area contributed by atoms with Crippen LogP contribution in [0.25, 0.3) is 11.1 Å². The van der Waals surface area contributed by atoms with E-state index in [1.54, 1.807) is 0 Å². The monoisotopic (exact) mass is 247 g/mol. The summed E-state index contributed by atoms with van der Waals surface area (Å²) >= 11 is 0. The van der Waals surface area contributed by atoms with Gasteiger partial charge >= 0.3 is 12.3 Å². The minimum atomic E-state index is -5.00. The second-order valence-corrected chi connectivity index (χ2v) is 2.99. The molecule has 0 aliphatic carbocycles. The van der Waals surface area contributed by atoms with Crippen molar-refractivity contribution in [1.82, 2.24) is 4.98 Å². The molecule has 17 heavy (non-hydrogen) atoms. The number of fused-ring (bicyclic) bond motifs is 1. The lowest BCUT2D eigenvalue weighted by molar-refractivity contribution is -0.274. The fourth-order valence-corrected chi connectivity index (χ4v) is 1.29. The molecule has 0 saturated carbocycles. The van der Waals surface area contributed by atoms with Gasteiger partial charge in [-0.25, -0.2) is 9.78 Å². The van der Waals surface area contributed by atoms with E-state index in [4.69, 9.17) is 9.52 Å². The van der Waals surface area contributed by atoms with Gasteiger partial charge in [-0.05, 0) is 12.1 Å². The summed E-state index contributed by atoms with van der Waals surface area (Å²) in [6, 6.07) is 2.16. The summed E-state index contributed by atoms with van der Waals surface area (Å²) in [5.41, 5.74) is -0.916. The van der Waals surface area contributed by atoms with Crippen molar-refractivity contribution in [1.29, 1.82) is 0 Å². The molecular weight excluding hydrogens is 243 g/mol. The molecule has 0 radical (unpaired) electrons. The lowest BCUT2D eigenvalue weighted by Gasteiger charge is -2.11. The van der Waals surface area contributed by atoms with Crippen LogP contribution in [0.1, 0.15) is 10.4 Å². The molecule has 5 nitrogen and oxygen atoms in total. The lowest BCUT2D eigenvalue weighted by atomic mass is 10.2. The molecule has 0 amide bonds. The zero-order chi connectivity index (χ0) is 12.6. The van der Waals surface area contributed by atoms with Crippen LogP contribution in [-0.4, -0.2) is 22.4 Å². The second kappa shape index (κ2) is 3.65. The van der Waals surface area contributed by atoms with Crippen molar-refractivity contribution < 1.29 is 32.2 Å². The lowest BCUT2D eigenvalue weighted by Crippen LogP contribution is -2.19. The fraction of sp³-hybridized carbons (Fsp3) is 0.111. The number of carboxylic acid groups (broad SMARTS) is 1. The number of nitrogens with zero attached hydrogens (tertiary/aromatic N) is 1. The molecule has 90 valence electrons. The van der Waals surface area contributed by atoms with Crippen molar-refractivity contribution >= 4 is 17.1 Å². The quantitative estimate of drug-likeness (QED) is 0.882. The summed E-state index contributed by atoms with van der Waals surface area (Å²) in [7, 11) is 0. The van der Waals surface area contributed by atoms with Gasteiger partial charge in [0, 0.05) is 0 Å². The number of hydrogen-bond acceptors (Lipinski definition) is 4. The van der Waals surface area contributed by atoms with E-state index in [1.165, 1.54) is 6.07 Å². The molecule has 0 aliphatic heterocycles. The topological polar surface area (TPSA) is 72.6 Å². The van der Waals surface area contributed by atoms with E-state index in [0.29, 0.717) is 0 Å². The van der Waals surface area contributed by atoms with Crippen LogP contribution in [0, 0.1) is 0 Å². The van der Waals surface area contributed by atoms with Crippen molar-refractivity contribution in [2.75, 3.05) is 0 Å². The predicted molar refractivity (Wildman–Crippen MR) is 47.7 cm³/mol. The Morgan fingerprint density at radius 3 is 2.71 bits per heavy atom. The van der Waals surface area contributed by atoms with Gasteiger partial charge in [-0.2, -0.15) is 0 Å². The average molecular weight is 247 g/mol. The third-order valence-electron chi connectivity index (χ3n) is 1.90. The number of alkyl halides is 3. The van der Waals surface area contributed by atoms with Crippen molar-refractivity contribution in [2.24, 2.45) is 0 Å². The summed E-state index contributed by atoms with van der Waals surface area (Å²) in [5, 5.41) is 8.75. The summed E-state index contributed by atoms with van der Waals surface area (Å²) in [6.45, 7) is 0. The maximum Gasteiger partial charge on any atom is 0.573 e. The van der Waals surface area contributed by atoms with Crippen molar-refractivity contribution in [3.63, 3.8) is 0 Å². The zero-order valence-corrected chi connectivity index (χ0v) is 7.99. The summed E-state index contributed by atoms with van der Waals surface area (Å²) < 4.78 is 44.9. The Kier molecular flexibility index (Phi) is 2.41. The highest BCUT2D eigenvalue weighted by Crippen LogP contribution is 2.33. The molecule has 2 rings (SSSR count). The van der Waals surface area contributed by atoms with E-state index in [9.17, 15) is 18.0 Å². The highest BCUT2D eigenvalue weighted by atomic mass is 19.4. The van der Waals surface area contributed by atoms with E-state index in [0.717, 1.165) is 12.5 Å². The molecule has 0 unspecified atom stereocenters. The van der Waals surface area contributed by atoms with Gasteiger partial charge in [-0.1, -0.05) is 0 Å². The SMILES string of the molecule is O=C(O)c1ccc2ocnc2c1OC(F)(F)F. The summed E-state index contributed by atoms with van der Waals surface area (Å²) in [4.78, 5) is 14.3. The molecule has 0 saturated heterocycles. The molecule has 0 aliphatic rings. The summed E-state index contributed by atoms with van der Waals surface area (Å²) in [6.07, 6.45) is -4.10. The Labute approximate surface area is 91.4 Å². The van der Waals surface area contributed by atoms with Gasteiger partial charge in [0.1, 0.15) is 5.56 Å². The predicted octanol–water partition coefficient (Wildman–Crippen LogP) is 2.42. The highest BCUT2D eigenvalue weighted by molar-refractivity contribution is 5.97. The van der Waals surface area contributed by atoms with Crippen molar-refractivity contribution in [3.8, 4) is 5.75 Å². The fourth-order valence-electron chi connectivity index (χ4n) is 1.29. The van der Waals surface area contributed by atoms with Crippen molar-refractivity contribution in [2.45, 2.75) is 6.36 Å². The van der Waals surface area contributed by atoms with Gasteiger partial charge in [0.2, 0.25) is 0 Å². The van der Waals surface area contributed by atoms with Gasteiger partial charge in [-0.15, -0.1) is 13.2 Å². The van der Waals surface area contributed by atoms with Gasteiger partial charge in [-0.3, -0.25) is 0 Å². The number of carboxylic acids is 1. The minimum absolute atomic E-state index is 0.00856. The maximum atomic E-state index is 12.1. The Balaban J connectivity index is 2.65. The van der Waals surface area contributed by atoms with Gasteiger partial charge in [0.05, 0.1) is 0 Å². The summed E-state index contributed by atoms with van der Waals surface area (Å²) in [5.74, 6) is -2.43. The van der Waals surface area contributed by atoms with E-state index in [1.807, 2.05) is 0 Å². The number of carbonyl (C=O) groups is 1. The smallest absolute Gasteiger partial charge is 0.478 e. The van der Waals surface area contributed by atoms with Crippen LogP contribution in [0.2, 0.25) is 0 Å². The number of ether oxygens (including phenoxy) is 1. The molecular formula is C9H4F3NO4. The number of rotatable bonds is 2. The molecule has 0 atom stereocenters. The third-order valence-corrected chi connectivity index (χ3v) is 1.90. The number of aromatic carboxylic acids is 1. The largest absolute Gasteiger partial charge is 0.573 e. The molecule has 0 bridgehead atoms. The first kappa shape index (κ1) is 11.2. The second-order valence-electron chi connectivity index (χ2n) is 2.99. The molecule has 1 N–H and O–H groups in total. The molecule has 1 aromatic carbocycles. The van der Waals surface area contributed by atoms with Crippen LogP contribution >= 0.6 is 0 Å². The number of hydrogen-bond donors (Lipinski definition) is 1. The van der Waals surface area contributed by atoms with Crippen molar-refractivity contribution in [3.05, 3.63) is 24.1 Å². The molecule has 1 aromatic heterocycles. The minimum Gasteiger partial charge on any atom is -0.478 e. The highest BCUT2D eigenvalue weighted by Gasteiger charge is 2.34. The number of oxazole rings is 1. The normalized spacial score (nSPS) is 11.7. The van der Waals surface area contributed by atoms with Crippen LogP contribution < -0.4 is 4.74 Å². The van der Waals surface area contributed by atoms with Gasteiger partial charge in [0.25, 0.3) is 0 Å². The van der Waals surface area contributed by atoms with E-state index >= 15 is 0 Å². The van der Waals surface area contributed by atoms with Crippen LogP contribution in [0.15, 0.2) is 22.9 Å². The molecule has 1 heterocycles. The molecule has 0 fully saturated rings. The Bertz CT molecular complexity index is 575. The van der Waals surface area contributed by atoms with Crippen LogP contribution in [0.5, 0.6) is 5.75 Å². The van der Waals surface area contributed by atoms with Crippen LogP contribution in [0.4, 0.5) is 13.2 Å². The zero-order valence-electron chi connectivity index (χ0n) is 7.99. The first-order valence-electron chi connectivity index (χ1n) is 4.24. The first-order chi connectivity index (χ1) is 7.88. The molecule has 0 spiro atoms. The Hall–Kier alpha value is -2.25. The standard InChI is InChI=1S/C9H4F3NO4/c10-9(11,12)17-7-4(8(14)15)1-2-5-6(7)13-3-16-5/h1-3H,(H,14,15).